The van der Waals surface area contributed by atoms with Crippen LogP contribution in [0.2, 0.25) is 0 Å². The molecule has 0 rings (SSSR count). The first kappa shape index (κ1) is 8.97. The number of carbonyl (C=O) groups excluding carboxylic acids is 1. The van der Waals surface area contributed by atoms with Crippen LogP contribution in [-0.2, 0) is 14.4 Å². The molecule has 0 unspecified atom stereocenters. The predicted molar refractivity (Wildman–Crippen MR) is 35.9 cm³/mol. The van der Waals surface area contributed by atoms with Gasteiger partial charge in [-0.3, -0.25) is 10.3 Å². The fraction of sp³-hybridized carbons (Fsp3) is 0.500. The normalized spacial score (nSPS) is 10.9. The van der Waals surface area contributed by atoms with Crippen LogP contribution in [0, 0.1) is 0 Å². The van der Waals surface area contributed by atoms with Gasteiger partial charge in [-0.15, -0.1) is 0 Å². The second-order valence-electron chi connectivity index (χ2n) is 1.66. The van der Waals surface area contributed by atoms with Crippen molar-refractivity contribution in [2.24, 2.45) is 0 Å². The van der Waals surface area contributed by atoms with E-state index in [1.165, 1.54) is 20.3 Å². The van der Waals surface area contributed by atoms with Crippen molar-refractivity contribution >= 4 is 5.97 Å². The minimum atomic E-state index is -0.401. The third kappa shape index (κ3) is 3.91. The summed E-state index contributed by atoms with van der Waals surface area (Å²) in [5.41, 5.74) is 3.08. The van der Waals surface area contributed by atoms with Crippen molar-refractivity contribution in [2.75, 3.05) is 14.2 Å². The molecule has 4 nitrogen and oxygen atoms in total. The monoisotopic (exact) mass is 145 g/mol. The number of rotatable bonds is 3. The molecule has 1 N–H and O–H groups in total. The standard InChI is InChI=1S/C6H11NO3/c1-5(7-10-3)4-6(8)9-2/h4,7H,1-3H3/b5-4+. The fourth-order valence-electron chi connectivity index (χ4n) is 0.426. The Morgan fingerprint density at radius 1 is 1.50 bits per heavy atom. The minimum absolute atomic E-state index is 0.401. The van der Waals surface area contributed by atoms with Crippen molar-refractivity contribution in [1.29, 1.82) is 0 Å². The SMILES string of the molecule is CON/C(C)=C/C(=O)OC. The molecule has 0 saturated carbocycles. The van der Waals surface area contributed by atoms with Gasteiger partial charge < -0.3 is 4.74 Å². The Morgan fingerprint density at radius 2 is 2.10 bits per heavy atom. The highest BCUT2D eigenvalue weighted by atomic mass is 16.6. The number of hydroxylamine groups is 1. The van der Waals surface area contributed by atoms with E-state index in [0.29, 0.717) is 5.70 Å². The van der Waals surface area contributed by atoms with Gasteiger partial charge >= 0.3 is 5.97 Å². The highest BCUT2D eigenvalue weighted by molar-refractivity contribution is 5.82. The van der Waals surface area contributed by atoms with Crippen molar-refractivity contribution in [3.05, 3.63) is 11.8 Å². The highest BCUT2D eigenvalue weighted by Gasteiger charge is 1.93. The quantitative estimate of drug-likeness (QED) is 0.350. The zero-order valence-electron chi connectivity index (χ0n) is 6.30. The van der Waals surface area contributed by atoms with Crippen LogP contribution in [0.15, 0.2) is 11.8 Å². The van der Waals surface area contributed by atoms with Gasteiger partial charge in [-0.05, 0) is 6.92 Å². The molecule has 0 aromatic rings. The molecule has 0 aliphatic carbocycles. The molecule has 0 spiro atoms. The van der Waals surface area contributed by atoms with Crippen molar-refractivity contribution in [2.45, 2.75) is 6.92 Å². The lowest BCUT2D eigenvalue weighted by molar-refractivity contribution is -0.135. The molecule has 58 valence electrons. The number of esters is 1. The number of nitrogens with one attached hydrogen (secondary N) is 1. The van der Waals surface area contributed by atoms with E-state index in [2.05, 4.69) is 15.1 Å². The van der Waals surface area contributed by atoms with E-state index in [-0.39, 0.29) is 0 Å². The molecule has 0 bridgehead atoms. The minimum Gasteiger partial charge on any atom is -0.466 e. The second-order valence-corrected chi connectivity index (χ2v) is 1.66. The molecule has 0 aliphatic heterocycles. The van der Waals surface area contributed by atoms with Crippen LogP contribution < -0.4 is 5.48 Å². The Kier molecular flexibility index (Phi) is 4.32. The Balaban J connectivity index is 3.77. The molecule has 0 atom stereocenters. The second kappa shape index (κ2) is 4.81. The van der Waals surface area contributed by atoms with Gasteiger partial charge in [-0.25, -0.2) is 4.79 Å². The van der Waals surface area contributed by atoms with Crippen LogP contribution in [0.25, 0.3) is 0 Å². The Bertz CT molecular complexity index is 142. The summed E-state index contributed by atoms with van der Waals surface area (Å²) in [5.74, 6) is -0.401. The third-order valence-corrected chi connectivity index (χ3v) is 0.799. The Labute approximate surface area is 59.8 Å². The Hall–Kier alpha value is -1.03. The average molecular weight is 145 g/mol. The van der Waals surface area contributed by atoms with Crippen molar-refractivity contribution in [1.82, 2.24) is 5.48 Å². The van der Waals surface area contributed by atoms with Crippen molar-refractivity contribution in [3.8, 4) is 0 Å². The van der Waals surface area contributed by atoms with Crippen molar-refractivity contribution < 1.29 is 14.4 Å². The summed E-state index contributed by atoms with van der Waals surface area (Å²) in [6.45, 7) is 1.69. The van der Waals surface area contributed by atoms with E-state index in [9.17, 15) is 4.79 Å². The highest BCUT2D eigenvalue weighted by Crippen LogP contribution is 1.86. The van der Waals surface area contributed by atoms with Gasteiger partial charge in [0.1, 0.15) is 0 Å². The molecule has 4 heteroatoms. The summed E-state index contributed by atoms with van der Waals surface area (Å²) in [6, 6.07) is 0. The molecule has 0 aromatic carbocycles. The maximum absolute atomic E-state index is 10.5. The lowest BCUT2D eigenvalue weighted by atomic mass is 10.4. The number of carbonyl (C=O) groups is 1. The molecule has 0 aliphatic rings. The fourth-order valence-corrected chi connectivity index (χ4v) is 0.426. The summed E-state index contributed by atoms with van der Waals surface area (Å²) in [7, 11) is 2.79. The van der Waals surface area contributed by atoms with Crippen molar-refractivity contribution in [3.63, 3.8) is 0 Å². The predicted octanol–water partition coefficient (Wildman–Crippen LogP) is 0.214. The van der Waals surface area contributed by atoms with Gasteiger partial charge in [0.15, 0.2) is 0 Å². The summed E-state index contributed by atoms with van der Waals surface area (Å²) in [5, 5.41) is 0. The zero-order chi connectivity index (χ0) is 7.98. The van der Waals surface area contributed by atoms with Gasteiger partial charge in [0, 0.05) is 11.8 Å². The molecular formula is C6H11NO3. The van der Waals surface area contributed by atoms with E-state index in [1.807, 2.05) is 0 Å². The van der Waals surface area contributed by atoms with Crippen LogP contribution in [0.3, 0.4) is 0 Å². The largest absolute Gasteiger partial charge is 0.466 e. The van der Waals surface area contributed by atoms with E-state index in [0.717, 1.165) is 0 Å². The number of hydrogen-bond donors (Lipinski definition) is 1. The van der Waals surface area contributed by atoms with Gasteiger partial charge in [0.05, 0.1) is 14.2 Å². The van der Waals surface area contributed by atoms with E-state index >= 15 is 0 Å². The first-order valence-corrected chi connectivity index (χ1v) is 2.76. The number of methoxy groups -OCH3 is 1. The smallest absolute Gasteiger partial charge is 0.332 e. The maximum Gasteiger partial charge on any atom is 0.332 e. The van der Waals surface area contributed by atoms with E-state index in [1.54, 1.807) is 6.92 Å². The molecule has 0 heterocycles. The molecule has 0 amide bonds. The lowest BCUT2D eigenvalue weighted by Crippen LogP contribution is -2.10. The van der Waals surface area contributed by atoms with Gasteiger partial charge in [-0.2, -0.15) is 0 Å². The third-order valence-electron chi connectivity index (χ3n) is 0.799. The maximum atomic E-state index is 10.5. The number of allylic oxidation sites excluding steroid dienone is 1. The summed E-state index contributed by atoms with van der Waals surface area (Å²) in [4.78, 5) is 15.0. The van der Waals surface area contributed by atoms with Crippen LogP contribution in [0.5, 0.6) is 0 Å². The molecule has 0 radical (unpaired) electrons. The molecule has 10 heavy (non-hydrogen) atoms. The van der Waals surface area contributed by atoms with Gasteiger partial charge in [0.25, 0.3) is 0 Å². The lowest BCUT2D eigenvalue weighted by Gasteiger charge is -2.00. The number of hydrogen-bond acceptors (Lipinski definition) is 4. The molecular weight excluding hydrogens is 134 g/mol. The van der Waals surface area contributed by atoms with Gasteiger partial charge in [-0.1, -0.05) is 0 Å². The van der Waals surface area contributed by atoms with E-state index < -0.39 is 5.97 Å². The summed E-state index contributed by atoms with van der Waals surface area (Å²) < 4.78 is 4.36. The topological polar surface area (TPSA) is 47.6 Å². The Morgan fingerprint density at radius 3 is 2.50 bits per heavy atom. The van der Waals surface area contributed by atoms with Crippen LogP contribution in [0.1, 0.15) is 6.92 Å². The number of ether oxygens (including phenoxy) is 1. The molecule has 0 saturated heterocycles. The first-order valence-electron chi connectivity index (χ1n) is 2.76. The van der Waals surface area contributed by atoms with Crippen LogP contribution in [0.4, 0.5) is 0 Å². The van der Waals surface area contributed by atoms with Gasteiger partial charge in [0.2, 0.25) is 0 Å². The zero-order valence-corrected chi connectivity index (χ0v) is 6.30. The first-order chi connectivity index (χ1) is 4.70. The van der Waals surface area contributed by atoms with Crippen LogP contribution in [-0.4, -0.2) is 20.2 Å². The summed E-state index contributed by atoms with van der Waals surface area (Å²) in [6.07, 6.45) is 1.30. The molecule has 0 aromatic heterocycles. The summed E-state index contributed by atoms with van der Waals surface area (Å²) >= 11 is 0. The van der Waals surface area contributed by atoms with E-state index in [4.69, 9.17) is 0 Å². The van der Waals surface area contributed by atoms with Crippen LogP contribution >= 0.6 is 0 Å². The molecule has 0 fully saturated rings. The average Bonchev–Trinajstić information content (AvgIpc) is 1.88.